The van der Waals surface area contributed by atoms with Crippen LogP contribution in [0.25, 0.3) is 0 Å². The average molecular weight is 340 g/mol. The van der Waals surface area contributed by atoms with Gasteiger partial charge in [0.25, 0.3) is 5.69 Å². The normalized spacial score (nSPS) is 23.6. The average Bonchev–Trinajstić information content (AvgIpc) is 2.92. The number of halogens is 1. The fraction of sp³-hybridized carbons (Fsp3) is 0.500. The minimum absolute atomic E-state index is 0.0198. The van der Waals surface area contributed by atoms with Crippen LogP contribution in [0.4, 0.5) is 5.69 Å². The molecule has 6 heteroatoms. The van der Waals surface area contributed by atoms with Crippen LogP contribution < -0.4 is 4.74 Å². The predicted molar refractivity (Wildman–Crippen MR) is 75.7 cm³/mol. The van der Waals surface area contributed by atoms with Gasteiger partial charge in [-0.3, -0.25) is 14.9 Å². The molecule has 2 fully saturated rings. The van der Waals surface area contributed by atoms with Gasteiger partial charge in [0.15, 0.2) is 0 Å². The van der Waals surface area contributed by atoms with Crippen molar-refractivity contribution in [2.24, 2.45) is 5.41 Å². The van der Waals surface area contributed by atoms with Gasteiger partial charge in [0, 0.05) is 12.5 Å². The molecule has 106 valence electrons. The van der Waals surface area contributed by atoms with Gasteiger partial charge in [-0.25, -0.2) is 0 Å². The summed E-state index contributed by atoms with van der Waals surface area (Å²) in [5.74, 6) is 0.726. The molecule has 1 aromatic rings. The van der Waals surface area contributed by atoms with E-state index in [0.717, 1.165) is 25.7 Å². The molecule has 1 unspecified atom stereocenters. The van der Waals surface area contributed by atoms with Crippen LogP contribution in [0.2, 0.25) is 0 Å². The maximum atomic E-state index is 11.9. The van der Waals surface area contributed by atoms with E-state index in [9.17, 15) is 14.9 Å². The summed E-state index contributed by atoms with van der Waals surface area (Å²) >= 11 is 3.22. The summed E-state index contributed by atoms with van der Waals surface area (Å²) in [7, 11) is 0. The van der Waals surface area contributed by atoms with Crippen LogP contribution in [0.3, 0.4) is 0 Å². The predicted octanol–water partition coefficient (Wildman–Crippen LogP) is 3.64. The van der Waals surface area contributed by atoms with E-state index < -0.39 is 4.92 Å². The Labute approximate surface area is 124 Å². The van der Waals surface area contributed by atoms with Crippen molar-refractivity contribution in [2.75, 3.05) is 0 Å². The molecule has 0 aromatic heterocycles. The quantitative estimate of drug-likeness (QED) is 0.622. The fourth-order valence-electron chi connectivity index (χ4n) is 3.26. The van der Waals surface area contributed by atoms with Gasteiger partial charge in [-0.05, 0) is 34.8 Å². The van der Waals surface area contributed by atoms with E-state index in [2.05, 4.69) is 15.9 Å². The summed E-state index contributed by atoms with van der Waals surface area (Å²) in [6, 6.07) is 4.72. The van der Waals surface area contributed by atoms with Gasteiger partial charge in [-0.15, -0.1) is 0 Å². The van der Waals surface area contributed by atoms with Gasteiger partial charge in [0.1, 0.15) is 22.1 Å². The monoisotopic (exact) mass is 339 g/mol. The van der Waals surface area contributed by atoms with E-state index >= 15 is 0 Å². The fourth-order valence-corrected chi connectivity index (χ4v) is 3.76. The zero-order valence-electron chi connectivity index (χ0n) is 10.8. The number of ketones is 1. The molecule has 0 bridgehead atoms. The molecular weight excluding hydrogens is 326 g/mol. The Bertz CT molecular complexity index is 581. The first-order chi connectivity index (χ1) is 9.54. The molecule has 2 aliphatic carbocycles. The number of carbonyl (C=O) groups is 1. The third-order valence-corrected chi connectivity index (χ3v) is 5.24. The number of Topliss-reactive ketones (excluding diaryl/α,β-unsaturated/α-hetero) is 1. The van der Waals surface area contributed by atoms with Gasteiger partial charge >= 0.3 is 0 Å². The van der Waals surface area contributed by atoms with Crippen molar-refractivity contribution < 1.29 is 14.5 Å². The first kappa shape index (κ1) is 13.5. The zero-order valence-corrected chi connectivity index (χ0v) is 12.4. The van der Waals surface area contributed by atoms with Crippen molar-refractivity contribution in [3.05, 3.63) is 32.8 Å². The molecule has 1 aromatic carbocycles. The highest BCUT2D eigenvalue weighted by molar-refractivity contribution is 9.10. The Morgan fingerprint density at radius 3 is 2.65 bits per heavy atom. The van der Waals surface area contributed by atoms with Crippen LogP contribution in [0.5, 0.6) is 5.75 Å². The number of hydrogen-bond donors (Lipinski definition) is 0. The Balaban J connectivity index is 1.84. The summed E-state index contributed by atoms with van der Waals surface area (Å²) in [6.45, 7) is 0. The van der Waals surface area contributed by atoms with Crippen LogP contribution in [-0.4, -0.2) is 16.8 Å². The highest BCUT2D eigenvalue weighted by Gasteiger charge is 2.57. The number of rotatable bonds is 3. The molecule has 20 heavy (non-hydrogen) atoms. The van der Waals surface area contributed by atoms with Crippen molar-refractivity contribution in [2.45, 2.75) is 38.2 Å². The molecule has 2 aliphatic rings. The lowest BCUT2D eigenvalue weighted by Crippen LogP contribution is -2.55. The molecule has 0 amide bonds. The summed E-state index contributed by atoms with van der Waals surface area (Å²) in [6.07, 6.45) is 4.14. The summed E-state index contributed by atoms with van der Waals surface area (Å²) < 4.78 is 6.25. The molecule has 0 N–H and O–H groups in total. The van der Waals surface area contributed by atoms with Crippen molar-refractivity contribution in [1.82, 2.24) is 0 Å². The third kappa shape index (κ3) is 1.93. The number of benzene rings is 1. The van der Waals surface area contributed by atoms with E-state index in [-0.39, 0.29) is 23.0 Å². The van der Waals surface area contributed by atoms with Crippen LogP contribution in [0.15, 0.2) is 22.7 Å². The van der Waals surface area contributed by atoms with Gasteiger partial charge in [0.2, 0.25) is 0 Å². The number of ether oxygens (including phenoxy) is 1. The van der Waals surface area contributed by atoms with Gasteiger partial charge < -0.3 is 4.74 Å². The summed E-state index contributed by atoms with van der Waals surface area (Å²) in [5.41, 5.74) is -0.349. The molecule has 0 radical (unpaired) electrons. The van der Waals surface area contributed by atoms with E-state index in [1.807, 2.05) is 0 Å². The lowest BCUT2D eigenvalue weighted by Gasteiger charge is -2.44. The van der Waals surface area contributed by atoms with Crippen LogP contribution in [-0.2, 0) is 4.79 Å². The first-order valence-electron chi connectivity index (χ1n) is 6.67. The van der Waals surface area contributed by atoms with Crippen molar-refractivity contribution in [1.29, 1.82) is 0 Å². The number of carbonyl (C=O) groups excluding carboxylic acids is 1. The Hall–Kier alpha value is -1.43. The number of nitro groups is 1. The molecule has 1 atom stereocenters. The van der Waals surface area contributed by atoms with Gasteiger partial charge in [-0.1, -0.05) is 18.9 Å². The number of nitrogens with zero attached hydrogens (tertiary/aromatic N) is 1. The topological polar surface area (TPSA) is 69.4 Å². The molecule has 1 spiro atoms. The second-order valence-corrected chi connectivity index (χ2v) is 6.24. The SMILES string of the molecule is O=C1CC(Oc2cccc([N+](=O)[O-])c2Br)C12CCCC2. The van der Waals surface area contributed by atoms with Crippen LogP contribution in [0.1, 0.15) is 32.1 Å². The standard InChI is InChI=1S/C14H14BrNO4/c15-13-9(16(18)19)4-3-5-10(13)20-12-8-11(17)14(12)6-1-2-7-14/h3-5,12H,1-2,6-8H2. The molecule has 0 aliphatic heterocycles. The van der Waals surface area contributed by atoms with E-state index in [4.69, 9.17) is 4.74 Å². The Kier molecular flexibility index (Phi) is 3.28. The first-order valence-corrected chi connectivity index (χ1v) is 7.47. The highest BCUT2D eigenvalue weighted by Crippen LogP contribution is 2.52. The van der Waals surface area contributed by atoms with Crippen molar-refractivity contribution in [3.8, 4) is 5.75 Å². The third-order valence-electron chi connectivity index (χ3n) is 4.45. The van der Waals surface area contributed by atoms with E-state index in [0.29, 0.717) is 16.6 Å². The molecule has 3 rings (SSSR count). The number of hydrogen-bond acceptors (Lipinski definition) is 4. The highest BCUT2D eigenvalue weighted by atomic mass is 79.9. The number of nitro benzene ring substituents is 1. The van der Waals surface area contributed by atoms with Crippen molar-refractivity contribution >= 4 is 27.4 Å². The maximum Gasteiger partial charge on any atom is 0.287 e. The molecule has 0 saturated heterocycles. The summed E-state index contributed by atoms with van der Waals surface area (Å²) in [4.78, 5) is 22.4. The Morgan fingerprint density at radius 2 is 2.05 bits per heavy atom. The molecule has 5 nitrogen and oxygen atoms in total. The van der Waals surface area contributed by atoms with E-state index in [1.165, 1.54) is 6.07 Å². The molecular formula is C14H14BrNO4. The van der Waals surface area contributed by atoms with Crippen LogP contribution >= 0.6 is 15.9 Å². The van der Waals surface area contributed by atoms with Gasteiger partial charge in [0.05, 0.1) is 10.3 Å². The smallest absolute Gasteiger partial charge is 0.287 e. The van der Waals surface area contributed by atoms with Gasteiger partial charge in [-0.2, -0.15) is 0 Å². The molecule has 0 heterocycles. The van der Waals surface area contributed by atoms with Crippen LogP contribution in [0, 0.1) is 15.5 Å². The lowest BCUT2D eigenvalue weighted by molar-refractivity contribution is -0.385. The van der Waals surface area contributed by atoms with E-state index in [1.54, 1.807) is 12.1 Å². The Morgan fingerprint density at radius 1 is 1.35 bits per heavy atom. The minimum atomic E-state index is -0.450. The lowest BCUT2D eigenvalue weighted by atomic mass is 9.63. The minimum Gasteiger partial charge on any atom is -0.487 e. The van der Waals surface area contributed by atoms with Crippen molar-refractivity contribution in [3.63, 3.8) is 0 Å². The zero-order chi connectivity index (χ0) is 14.3. The second kappa shape index (κ2) is 4.84. The second-order valence-electron chi connectivity index (χ2n) is 5.44. The maximum absolute atomic E-state index is 11.9. The molecule has 2 saturated carbocycles. The largest absolute Gasteiger partial charge is 0.487 e. The summed E-state index contributed by atoms with van der Waals surface area (Å²) in [5, 5.41) is 10.9.